The zero-order valence-corrected chi connectivity index (χ0v) is 15.0. The van der Waals surface area contributed by atoms with E-state index in [1.165, 1.54) is 20.6 Å². The van der Waals surface area contributed by atoms with Gasteiger partial charge < -0.3 is 14.4 Å². The summed E-state index contributed by atoms with van der Waals surface area (Å²) in [5.41, 5.74) is -0.297. The standard InChI is InChI=1S/C16H24N4O5/c1-10(25-11(2)22)7-5-6-8-20-15(23)13-14(19(4)16(20)24)17-12(9-21)18(13)3/h10,21H,5-9H2,1-4H3. The van der Waals surface area contributed by atoms with Crippen LogP contribution in [0.5, 0.6) is 0 Å². The number of carbonyl (C=O) groups is 1. The summed E-state index contributed by atoms with van der Waals surface area (Å²) in [6, 6.07) is 0. The minimum atomic E-state index is -0.437. The highest BCUT2D eigenvalue weighted by atomic mass is 16.5. The first-order valence-corrected chi connectivity index (χ1v) is 8.21. The van der Waals surface area contributed by atoms with Gasteiger partial charge in [-0.1, -0.05) is 0 Å². The Morgan fingerprint density at radius 3 is 2.52 bits per heavy atom. The summed E-state index contributed by atoms with van der Waals surface area (Å²) in [6.45, 7) is 3.13. The number of unbranched alkanes of at least 4 members (excludes halogenated alkanes) is 1. The van der Waals surface area contributed by atoms with E-state index in [-0.39, 0.29) is 30.9 Å². The lowest BCUT2D eigenvalue weighted by Crippen LogP contribution is -2.39. The molecule has 0 radical (unpaired) electrons. The predicted octanol–water partition coefficient (Wildman–Crippen LogP) is 0.0479. The fraction of sp³-hybridized carbons (Fsp3) is 0.625. The maximum absolute atomic E-state index is 12.7. The van der Waals surface area contributed by atoms with E-state index in [0.717, 1.165) is 6.42 Å². The number of rotatable bonds is 7. The monoisotopic (exact) mass is 352 g/mol. The van der Waals surface area contributed by atoms with Gasteiger partial charge in [0.1, 0.15) is 12.4 Å². The van der Waals surface area contributed by atoms with E-state index < -0.39 is 11.2 Å². The van der Waals surface area contributed by atoms with Gasteiger partial charge in [0, 0.05) is 27.6 Å². The molecule has 2 rings (SSSR count). The Morgan fingerprint density at radius 2 is 1.92 bits per heavy atom. The Bertz CT molecular complexity index is 893. The maximum atomic E-state index is 12.7. The van der Waals surface area contributed by atoms with Gasteiger partial charge in [-0.3, -0.25) is 18.7 Å². The number of hydrogen-bond donors (Lipinski definition) is 1. The Hall–Kier alpha value is -2.42. The molecule has 0 aliphatic rings. The number of aromatic nitrogens is 4. The lowest BCUT2D eigenvalue weighted by Gasteiger charge is -2.12. The Kier molecular flexibility index (Phi) is 5.78. The second-order valence-corrected chi connectivity index (χ2v) is 6.13. The van der Waals surface area contributed by atoms with Gasteiger partial charge in [-0.25, -0.2) is 9.78 Å². The van der Waals surface area contributed by atoms with Crippen LogP contribution in [-0.4, -0.2) is 35.9 Å². The van der Waals surface area contributed by atoms with Crippen LogP contribution < -0.4 is 11.2 Å². The summed E-state index contributed by atoms with van der Waals surface area (Å²) in [6.07, 6.45) is 1.80. The van der Waals surface area contributed by atoms with Crippen LogP contribution in [0.25, 0.3) is 11.2 Å². The van der Waals surface area contributed by atoms with Crippen LogP contribution in [0, 0.1) is 0 Å². The number of aryl methyl sites for hydroxylation is 2. The Balaban J connectivity index is 2.22. The number of carbonyl (C=O) groups excluding carboxylic acids is 1. The smallest absolute Gasteiger partial charge is 0.332 e. The second kappa shape index (κ2) is 7.64. The molecule has 0 saturated heterocycles. The predicted molar refractivity (Wildman–Crippen MR) is 91.2 cm³/mol. The molecule has 9 heteroatoms. The molecular formula is C16H24N4O5. The average molecular weight is 352 g/mol. The lowest BCUT2D eigenvalue weighted by atomic mass is 10.2. The molecule has 0 aliphatic carbocycles. The molecule has 25 heavy (non-hydrogen) atoms. The number of aliphatic hydroxyl groups is 1. The molecule has 2 heterocycles. The molecule has 0 aliphatic heterocycles. The topological polar surface area (TPSA) is 108 Å². The van der Waals surface area contributed by atoms with E-state index in [1.807, 2.05) is 6.92 Å². The van der Waals surface area contributed by atoms with Crippen LogP contribution in [0.1, 0.15) is 38.9 Å². The SMILES string of the molecule is CC(=O)OC(C)CCCCn1c(=O)c2c(nc(CO)n2C)n(C)c1=O. The van der Waals surface area contributed by atoms with Crippen molar-refractivity contribution in [2.75, 3.05) is 0 Å². The molecule has 0 fully saturated rings. The Labute approximate surface area is 144 Å². The number of hydrogen-bond acceptors (Lipinski definition) is 6. The van der Waals surface area contributed by atoms with Gasteiger partial charge in [-0.15, -0.1) is 0 Å². The van der Waals surface area contributed by atoms with E-state index in [1.54, 1.807) is 14.1 Å². The summed E-state index contributed by atoms with van der Waals surface area (Å²) in [5.74, 6) is 0.00833. The van der Waals surface area contributed by atoms with Gasteiger partial charge in [-0.05, 0) is 26.2 Å². The molecular weight excluding hydrogens is 328 g/mol. The fourth-order valence-corrected chi connectivity index (χ4v) is 2.87. The Morgan fingerprint density at radius 1 is 1.24 bits per heavy atom. The van der Waals surface area contributed by atoms with Gasteiger partial charge in [0.25, 0.3) is 5.56 Å². The average Bonchev–Trinajstić information content (AvgIpc) is 2.88. The number of aliphatic hydroxyl groups excluding tert-OH is 1. The third kappa shape index (κ3) is 3.81. The number of imidazole rings is 1. The first-order valence-electron chi connectivity index (χ1n) is 8.21. The highest BCUT2D eigenvalue weighted by Gasteiger charge is 2.17. The van der Waals surface area contributed by atoms with E-state index in [2.05, 4.69) is 4.98 Å². The van der Waals surface area contributed by atoms with E-state index >= 15 is 0 Å². The molecule has 0 saturated carbocycles. The highest BCUT2D eigenvalue weighted by Crippen LogP contribution is 2.10. The van der Waals surface area contributed by atoms with Crippen LogP contribution in [0.2, 0.25) is 0 Å². The van der Waals surface area contributed by atoms with E-state index in [4.69, 9.17) is 4.74 Å². The zero-order chi connectivity index (χ0) is 18.7. The van der Waals surface area contributed by atoms with Crippen molar-refractivity contribution in [2.45, 2.75) is 52.4 Å². The maximum Gasteiger partial charge on any atom is 0.332 e. The molecule has 2 aromatic heterocycles. The molecule has 0 spiro atoms. The van der Waals surface area contributed by atoms with Gasteiger partial charge in [0.15, 0.2) is 11.2 Å². The third-order valence-corrected chi connectivity index (χ3v) is 4.20. The normalized spacial score (nSPS) is 12.5. The van der Waals surface area contributed by atoms with Gasteiger partial charge in [0.05, 0.1) is 6.10 Å². The number of nitrogens with zero attached hydrogens (tertiary/aromatic N) is 4. The largest absolute Gasteiger partial charge is 0.463 e. The first-order chi connectivity index (χ1) is 11.8. The summed E-state index contributed by atoms with van der Waals surface area (Å²) in [5, 5.41) is 9.31. The molecule has 9 nitrogen and oxygen atoms in total. The van der Waals surface area contributed by atoms with Gasteiger partial charge in [0.2, 0.25) is 0 Å². The van der Waals surface area contributed by atoms with Crippen molar-refractivity contribution in [3.8, 4) is 0 Å². The van der Waals surface area contributed by atoms with Crippen molar-refractivity contribution in [2.24, 2.45) is 14.1 Å². The van der Waals surface area contributed by atoms with E-state index in [9.17, 15) is 19.5 Å². The summed E-state index contributed by atoms with van der Waals surface area (Å²) >= 11 is 0. The summed E-state index contributed by atoms with van der Waals surface area (Å²) < 4.78 is 9.06. The fourth-order valence-electron chi connectivity index (χ4n) is 2.87. The van der Waals surface area contributed by atoms with Crippen molar-refractivity contribution in [1.29, 1.82) is 0 Å². The second-order valence-electron chi connectivity index (χ2n) is 6.13. The van der Waals surface area contributed by atoms with Crippen molar-refractivity contribution in [1.82, 2.24) is 18.7 Å². The first kappa shape index (κ1) is 18.9. The molecule has 0 bridgehead atoms. The molecule has 138 valence electrons. The van der Waals surface area contributed by atoms with Crippen molar-refractivity contribution in [3.63, 3.8) is 0 Å². The minimum absolute atomic E-state index is 0.191. The van der Waals surface area contributed by atoms with Crippen LogP contribution in [-0.2, 0) is 36.8 Å². The van der Waals surface area contributed by atoms with Gasteiger partial charge >= 0.3 is 11.7 Å². The van der Waals surface area contributed by atoms with Crippen LogP contribution >= 0.6 is 0 Å². The zero-order valence-electron chi connectivity index (χ0n) is 15.0. The number of ether oxygens (including phenoxy) is 1. The molecule has 1 atom stereocenters. The molecule has 0 aromatic carbocycles. The highest BCUT2D eigenvalue weighted by molar-refractivity contribution is 5.70. The molecule has 1 unspecified atom stereocenters. The van der Waals surface area contributed by atoms with Crippen molar-refractivity contribution < 1.29 is 14.6 Å². The van der Waals surface area contributed by atoms with Crippen molar-refractivity contribution >= 4 is 17.1 Å². The number of fused-ring (bicyclic) bond motifs is 1. The van der Waals surface area contributed by atoms with Crippen molar-refractivity contribution in [3.05, 3.63) is 26.7 Å². The van der Waals surface area contributed by atoms with Crippen LogP contribution in [0.4, 0.5) is 0 Å². The molecule has 1 N–H and O–H groups in total. The molecule has 0 amide bonds. The quantitative estimate of drug-likeness (QED) is 0.557. The molecule has 2 aromatic rings. The van der Waals surface area contributed by atoms with Gasteiger partial charge in [-0.2, -0.15) is 0 Å². The third-order valence-electron chi connectivity index (χ3n) is 4.20. The summed E-state index contributed by atoms with van der Waals surface area (Å²) in [4.78, 5) is 40.1. The van der Waals surface area contributed by atoms with E-state index in [0.29, 0.717) is 24.2 Å². The van der Waals surface area contributed by atoms with Crippen LogP contribution in [0.15, 0.2) is 9.59 Å². The number of esters is 1. The van der Waals surface area contributed by atoms with Crippen LogP contribution in [0.3, 0.4) is 0 Å². The minimum Gasteiger partial charge on any atom is -0.463 e. The lowest BCUT2D eigenvalue weighted by molar-refractivity contribution is -0.145. The summed E-state index contributed by atoms with van der Waals surface area (Å²) in [7, 11) is 3.19.